The van der Waals surface area contributed by atoms with E-state index < -0.39 is 0 Å². The molecule has 6 heteroatoms. The van der Waals surface area contributed by atoms with Gasteiger partial charge in [0.1, 0.15) is 5.82 Å². The third-order valence-electron chi connectivity index (χ3n) is 4.30. The summed E-state index contributed by atoms with van der Waals surface area (Å²) in [5.41, 5.74) is 0. The molecular formula is C17H30N4O2. The zero-order valence-electron chi connectivity index (χ0n) is 15.0. The minimum atomic E-state index is -0.131. The number of imidazole rings is 1. The lowest BCUT2D eigenvalue weighted by Crippen LogP contribution is -2.56. The van der Waals surface area contributed by atoms with E-state index in [1.54, 1.807) is 6.20 Å². The lowest BCUT2D eigenvalue weighted by molar-refractivity contribution is -0.135. The Morgan fingerprint density at radius 1 is 1.39 bits per heavy atom. The molecule has 1 saturated heterocycles. The molecule has 0 bridgehead atoms. The molecule has 1 aliphatic rings. The standard InChI is InChI=1S/C17H30N4O2/c1-6-20-8-7-18-15(20)9-19-17(22)16(12(2)3)21-10-13(4)23-14(5)11-21/h7-8,12-14,16H,6,9-11H2,1-5H3,(H,19,22). The molecule has 23 heavy (non-hydrogen) atoms. The summed E-state index contributed by atoms with van der Waals surface area (Å²) in [6.07, 6.45) is 4.03. The Bertz CT molecular complexity index is 504. The predicted octanol–water partition coefficient (Wildman–Crippen LogP) is 1.65. The van der Waals surface area contributed by atoms with Crippen molar-refractivity contribution in [1.82, 2.24) is 19.8 Å². The number of rotatable bonds is 6. The van der Waals surface area contributed by atoms with Gasteiger partial charge < -0.3 is 14.6 Å². The fourth-order valence-corrected chi connectivity index (χ4v) is 3.40. The van der Waals surface area contributed by atoms with Crippen LogP contribution in [0.25, 0.3) is 0 Å². The van der Waals surface area contributed by atoms with E-state index >= 15 is 0 Å². The molecule has 3 atom stereocenters. The third kappa shape index (κ3) is 4.54. The summed E-state index contributed by atoms with van der Waals surface area (Å²) >= 11 is 0. The van der Waals surface area contributed by atoms with Crippen molar-refractivity contribution < 1.29 is 9.53 Å². The molecule has 3 unspecified atom stereocenters. The van der Waals surface area contributed by atoms with Crippen LogP contribution in [0.15, 0.2) is 12.4 Å². The monoisotopic (exact) mass is 322 g/mol. The molecule has 0 saturated carbocycles. The molecule has 0 radical (unpaired) electrons. The van der Waals surface area contributed by atoms with Crippen molar-refractivity contribution in [3.63, 3.8) is 0 Å². The van der Waals surface area contributed by atoms with Gasteiger partial charge in [0.25, 0.3) is 0 Å². The molecule has 6 nitrogen and oxygen atoms in total. The third-order valence-corrected chi connectivity index (χ3v) is 4.30. The van der Waals surface area contributed by atoms with Crippen molar-refractivity contribution in [3.8, 4) is 0 Å². The van der Waals surface area contributed by atoms with E-state index in [4.69, 9.17) is 4.74 Å². The van der Waals surface area contributed by atoms with Crippen LogP contribution in [0.5, 0.6) is 0 Å². The quantitative estimate of drug-likeness (QED) is 0.865. The van der Waals surface area contributed by atoms with Crippen LogP contribution in [-0.4, -0.2) is 51.7 Å². The Balaban J connectivity index is 2.01. The Kier molecular flexibility index (Phi) is 6.18. The van der Waals surface area contributed by atoms with Crippen LogP contribution in [0.2, 0.25) is 0 Å². The van der Waals surface area contributed by atoms with Crippen LogP contribution in [0, 0.1) is 5.92 Å². The number of morpholine rings is 1. The van der Waals surface area contributed by atoms with E-state index in [1.807, 2.05) is 10.8 Å². The van der Waals surface area contributed by atoms with Gasteiger partial charge in [-0.25, -0.2) is 4.98 Å². The van der Waals surface area contributed by atoms with Crippen molar-refractivity contribution in [1.29, 1.82) is 0 Å². The van der Waals surface area contributed by atoms with Crippen LogP contribution in [0.1, 0.15) is 40.4 Å². The summed E-state index contributed by atoms with van der Waals surface area (Å²) in [7, 11) is 0. The average molecular weight is 322 g/mol. The maximum absolute atomic E-state index is 12.8. The van der Waals surface area contributed by atoms with Crippen molar-refractivity contribution in [2.24, 2.45) is 5.92 Å². The number of aryl methyl sites for hydroxylation is 1. The summed E-state index contributed by atoms with van der Waals surface area (Å²) in [6.45, 7) is 13.3. The first-order valence-electron chi connectivity index (χ1n) is 8.59. The average Bonchev–Trinajstić information content (AvgIpc) is 2.91. The van der Waals surface area contributed by atoms with E-state index in [0.29, 0.717) is 6.54 Å². The Hall–Kier alpha value is -1.40. The van der Waals surface area contributed by atoms with Gasteiger partial charge in [-0.3, -0.25) is 9.69 Å². The molecule has 1 aliphatic heterocycles. The smallest absolute Gasteiger partial charge is 0.238 e. The number of amides is 1. The normalized spacial score (nSPS) is 23.9. The second-order valence-electron chi connectivity index (χ2n) is 6.75. The molecular weight excluding hydrogens is 292 g/mol. The van der Waals surface area contributed by atoms with Gasteiger partial charge >= 0.3 is 0 Å². The number of nitrogens with one attached hydrogen (secondary N) is 1. The minimum Gasteiger partial charge on any atom is -0.373 e. The van der Waals surface area contributed by atoms with Crippen molar-refractivity contribution in [3.05, 3.63) is 18.2 Å². The van der Waals surface area contributed by atoms with Crippen molar-refractivity contribution in [2.45, 2.75) is 66.0 Å². The highest BCUT2D eigenvalue weighted by Crippen LogP contribution is 2.18. The SMILES string of the molecule is CCn1ccnc1CNC(=O)C(C(C)C)N1CC(C)OC(C)C1. The van der Waals surface area contributed by atoms with E-state index in [-0.39, 0.29) is 30.1 Å². The van der Waals surface area contributed by atoms with E-state index in [1.165, 1.54) is 0 Å². The number of aromatic nitrogens is 2. The van der Waals surface area contributed by atoms with Crippen LogP contribution >= 0.6 is 0 Å². The first-order valence-corrected chi connectivity index (χ1v) is 8.59. The summed E-state index contributed by atoms with van der Waals surface area (Å²) in [5, 5.41) is 3.06. The second-order valence-corrected chi connectivity index (χ2v) is 6.75. The number of hydrogen-bond donors (Lipinski definition) is 1. The predicted molar refractivity (Wildman–Crippen MR) is 90.0 cm³/mol. The molecule has 1 fully saturated rings. The zero-order valence-corrected chi connectivity index (χ0v) is 15.0. The largest absolute Gasteiger partial charge is 0.373 e. The van der Waals surface area contributed by atoms with E-state index in [0.717, 1.165) is 25.5 Å². The highest BCUT2D eigenvalue weighted by molar-refractivity contribution is 5.82. The van der Waals surface area contributed by atoms with Gasteiger partial charge in [-0.1, -0.05) is 13.8 Å². The first-order chi connectivity index (χ1) is 10.9. The molecule has 130 valence electrons. The van der Waals surface area contributed by atoms with Crippen LogP contribution in [0.3, 0.4) is 0 Å². The maximum atomic E-state index is 12.8. The summed E-state index contributed by atoms with van der Waals surface area (Å²) in [6, 6.07) is -0.131. The van der Waals surface area contributed by atoms with Crippen molar-refractivity contribution in [2.75, 3.05) is 13.1 Å². The minimum absolute atomic E-state index is 0.0759. The number of hydrogen-bond acceptors (Lipinski definition) is 4. The second kappa shape index (κ2) is 7.93. The number of carbonyl (C=O) groups excluding carboxylic acids is 1. The highest BCUT2D eigenvalue weighted by Gasteiger charge is 2.34. The molecule has 0 aromatic carbocycles. The van der Waals surface area contributed by atoms with E-state index in [2.05, 4.69) is 49.8 Å². The van der Waals surface area contributed by atoms with Crippen molar-refractivity contribution >= 4 is 5.91 Å². The Labute approximate surface area is 139 Å². The summed E-state index contributed by atoms with van der Waals surface area (Å²) in [4.78, 5) is 19.3. The van der Waals surface area contributed by atoms with Crippen LogP contribution in [0.4, 0.5) is 0 Å². The summed E-state index contributed by atoms with van der Waals surface area (Å²) in [5.74, 6) is 1.22. The zero-order chi connectivity index (χ0) is 17.0. The Morgan fingerprint density at radius 2 is 2.04 bits per heavy atom. The molecule has 0 spiro atoms. The maximum Gasteiger partial charge on any atom is 0.238 e. The van der Waals surface area contributed by atoms with Gasteiger partial charge in [0.15, 0.2) is 0 Å². The molecule has 0 aliphatic carbocycles. The summed E-state index contributed by atoms with van der Waals surface area (Å²) < 4.78 is 7.83. The van der Waals surface area contributed by atoms with Gasteiger partial charge in [-0.15, -0.1) is 0 Å². The number of carbonyl (C=O) groups is 1. The van der Waals surface area contributed by atoms with Gasteiger partial charge in [0.2, 0.25) is 5.91 Å². The number of nitrogens with zero attached hydrogens (tertiary/aromatic N) is 3. The molecule has 1 N–H and O–H groups in total. The van der Waals surface area contributed by atoms with Gasteiger partial charge in [-0.05, 0) is 26.7 Å². The van der Waals surface area contributed by atoms with Gasteiger partial charge in [-0.2, -0.15) is 0 Å². The number of ether oxygens (including phenoxy) is 1. The lowest BCUT2D eigenvalue weighted by Gasteiger charge is -2.41. The van der Waals surface area contributed by atoms with Gasteiger partial charge in [0.05, 0.1) is 24.8 Å². The fourth-order valence-electron chi connectivity index (χ4n) is 3.40. The van der Waals surface area contributed by atoms with Crippen LogP contribution < -0.4 is 5.32 Å². The lowest BCUT2D eigenvalue weighted by atomic mass is 9.99. The Morgan fingerprint density at radius 3 is 2.61 bits per heavy atom. The molecule has 1 aromatic heterocycles. The van der Waals surface area contributed by atoms with Crippen LogP contribution in [-0.2, 0) is 22.6 Å². The molecule has 1 aromatic rings. The molecule has 2 rings (SSSR count). The van der Waals surface area contributed by atoms with E-state index in [9.17, 15) is 4.79 Å². The molecule has 1 amide bonds. The highest BCUT2D eigenvalue weighted by atomic mass is 16.5. The molecule has 2 heterocycles. The first kappa shape index (κ1) is 17.9. The topological polar surface area (TPSA) is 59.4 Å². The fraction of sp³-hybridized carbons (Fsp3) is 0.765. The van der Waals surface area contributed by atoms with Gasteiger partial charge in [0, 0.05) is 32.0 Å².